The van der Waals surface area contributed by atoms with Gasteiger partial charge in [-0.15, -0.1) is 0 Å². The minimum Gasteiger partial charge on any atom is -0.463 e. The first-order valence-electron chi connectivity index (χ1n) is 6.83. The van der Waals surface area contributed by atoms with Crippen LogP contribution in [0.25, 0.3) is 0 Å². The molecule has 0 aliphatic carbocycles. The molecule has 101 valence electrons. The highest BCUT2D eigenvalue weighted by Gasteiger charge is 2.01. The fraction of sp³-hybridized carbons (Fsp3) is 0.857. The number of ether oxygens (including phenoxy) is 2. The normalized spacial score (nSPS) is 10.5. The average molecular weight is 243 g/mol. The SMILES string of the molecule is [CH2]COCCOC(=O)CCCCCCCCC. The summed E-state index contributed by atoms with van der Waals surface area (Å²) in [6, 6.07) is 0. The van der Waals surface area contributed by atoms with E-state index in [9.17, 15) is 4.79 Å². The molecule has 0 aliphatic heterocycles. The van der Waals surface area contributed by atoms with Crippen LogP contribution in [0.3, 0.4) is 0 Å². The molecule has 0 atom stereocenters. The third-order valence-electron chi connectivity index (χ3n) is 2.62. The van der Waals surface area contributed by atoms with Crippen molar-refractivity contribution >= 4 is 5.97 Å². The van der Waals surface area contributed by atoms with Crippen LogP contribution in [0.2, 0.25) is 0 Å². The number of esters is 1. The molecule has 0 N–H and O–H groups in total. The van der Waals surface area contributed by atoms with E-state index in [-0.39, 0.29) is 5.97 Å². The van der Waals surface area contributed by atoms with Crippen LogP contribution in [-0.2, 0) is 14.3 Å². The first kappa shape index (κ1) is 16.4. The molecule has 0 spiro atoms. The quantitative estimate of drug-likeness (QED) is 0.388. The number of hydrogen-bond donors (Lipinski definition) is 0. The monoisotopic (exact) mass is 243 g/mol. The van der Waals surface area contributed by atoms with Crippen molar-refractivity contribution in [2.75, 3.05) is 19.8 Å². The number of carbonyl (C=O) groups excluding carboxylic acids is 1. The summed E-state index contributed by atoms with van der Waals surface area (Å²) in [4.78, 5) is 11.2. The molecule has 0 aliphatic rings. The molecule has 0 aromatic rings. The van der Waals surface area contributed by atoms with E-state index in [0.717, 1.165) is 12.8 Å². The summed E-state index contributed by atoms with van der Waals surface area (Å²) in [6.07, 6.45) is 9.07. The van der Waals surface area contributed by atoms with Gasteiger partial charge in [0, 0.05) is 13.0 Å². The maximum absolute atomic E-state index is 11.2. The van der Waals surface area contributed by atoms with E-state index < -0.39 is 0 Å². The molecule has 3 nitrogen and oxygen atoms in total. The topological polar surface area (TPSA) is 35.5 Å². The van der Waals surface area contributed by atoms with E-state index in [1.807, 2.05) is 0 Å². The lowest BCUT2D eigenvalue weighted by Crippen LogP contribution is -2.10. The number of carbonyl (C=O) groups is 1. The molecule has 1 radical (unpaired) electrons. The van der Waals surface area contributed by atoms with Crippen LogP contribution in [0.1, 0.15) is 58.3 Å². The lowest BCUT2D eigenvalue weighted by molar-refractivity contribution is -0.145. The van der Waals surface area contributed by atoms with Gasteiger partial charge in [-0.3, -0.25) is 4.79 Å². The minimum atomic E-state index is -0.105. The molecule has 0 saturated carbocycles. The summed E-state index contributed by atoms with van der Waals surface area (Å²) in [7, 11) is 0. The van der Waals surface area contributed by atoms with E-state index >= 15 is 0 Å². The van der Waals surface area contributed by atoms with Gasteiger partial charge in [-0.05, 0) is 13.3 Å². The third-order valence-corrected chi connectivity index (χ3v) is 2.62. The van der Waals surface area contributed by atoms with Crippen molar-refractivity contribution in [3.8, 4) is 0 Å². The Morgan fingerprint density at radius 3 is 2.29 bits per heavy atom. The Morgan fingerprint density at radius 2 is 1.65 bits per heavy atom. The van der Waals surface area contributed by atoms with Gasteiger partial charge in [0.15, 0.2) is 0 Å². The fourth-order valence-electron chi connectivity index (χ4n) is 1.62. The second-order valence-corrected chi connectivity index (χ2v) is 4.20. The smallest absolute Gasteiger partial charge is 0.305 e. The van der Waals surface area contributed by atoms with Crippen molar-refractivity contribution in [3.05, 3.63) is 6.92 Å². The van der Waals surface area contributed by atoms with Crippen LogP contribution in [-0.4, -0.2) is 25.8 Å². The standard InChI is InChI=1S/C14H27O3/c1-3-5-6-7-8-9-10-11-14(15)17-13-12-16-4-2/h2-13H2,1H3. The highest BCUT2D eigenvalue weighted by Crippen LogP contribution is 2.08. The highest BCUT2D eigenvalue weighted by molar-refractivity contribution is 5.69. The molecule has 0 rings (SSSR count). The Balaban J connectivity index is 3.11. The largest absolute Gasteiger partial charge is 0.463 e. The van der Waals surface area contributed by atoms with Gasteiger partial charge >= 0.3 is 5.97 Å². The predicted molar refractivity (Wildman–Crippen MR) is 69.7 cm³/mol. The lowest BCUT2D eigenvalue weighted by atomic mass is 10.1. The highest BCUT2D eigenvalue weighted by atomic mass is 16.6. The number of hydrogen-bond acceptors (Lipinski definition) is 3. The molecule has 17 heavy (non-hydrogen) atoms. The van der Waals surface area contributed by atoms with Crippen LogP contribution in [0.15, 0.2) is 0 Å². The lowest BCUT2D eigenvalue weighted by Gasteiger charge is -2.04. The van der Waals surface area contributed by atoms with Crippen LogP contribution >= 0.6 is 0 Å². The van der Waals surface area contributed by atoms with Gasteiger partial charge in [0.25, 0.3) is 0 Å². The van der Waals surface area contributed by atoms with Crippen molar-refractivity contribution in [1.82, 2.24) is 0 Å². The molecule has 0 unspecified atom stereocenters. The molecule has 3 heteroatoms. The summed E-state index contributed by atoms with van der Waals surface area (Å²) in [6.45, 7) is 6.98. The summed E-state index contributed by atoms with van der Waals surface area (Å²) >= 11 is 0. The van der Waals surface area contributed by atoms with Crippen LogP contribution in [0.4, 0.5) is 0 Å². The number of rotatable bonds is 12. The van der Waals surface area contributed by atoms with Gasteiger partial charge in [-0.2, -0.15) is 0 Å². The zero-order valence-electron chi connectivity index (χ0n) is 11.2. The summed E-state index contributed by atoms with van der Waals surface area (Å²) in [5, 5.41) is 0. The predicted octanol–water partition coefficient (Wildman–Crippen LogP) is 3.52. The van der Waals surface area contributed by atoms with Crippen molar-refractivity contribution in [1.29, 1.82) is 0 Å². The Hall–Kier alpha value is -0.570. The minimum absolute atomic E-state index is 0.105. The summed E-state index contributed by atoms with van der Waals surface area (Å²) in [5.74, 6) is -0.105. The van der Waals surface area contributed by atoms with E-state index in [1.165, 1.54) is 32.1 Å². The van der Waals surface area contributed by atoms with Gasteiger partial charge in [-0.25, -0.2) is 0 Å². The zero-order valence-corrected chi connectivity index (χ0v) is 11.2. The molecule has 0 amide bonds. The maximum atomic E-state index is 11.2. The van der Waals surface area contributed by atoms with Gasteiger partial charge in [0.1, 0.15) is 6.61 Å². The molecule has 0 saturated heterocycles. The van der Waals surface area contributed by atoms with Crippen molar-refractivity contribution in [2.45, 2.75) is 58.3 Å². The van der Waals surface area contributed by atoms with Gasteiger partial charge in [0.2, 0.25) is 0 Å². The second kappa shape index (κ2) is 13.5. The average Bonchev–Trinajstić information content (AvgIpc) is 2.33. The van der Waals surface area contributed by atoms with Gasteiger partial charge < -0.3 is 9.47 Å². The second-order valence-electron chi connectivity index (χ2n) is 4.20. The van der Waals surface area contributed by atoms with Crippen molar-refractivity contribution < 1.29 is 14.3 Å². The Labute approximate surface area is 106 Å². The van der Waals surface area contributed by atoms with Crippen LogP contribution < -0.4 is 0 Å². The van der Waals surface area contributed by atoms with Crippen LogP contribution in [0, 0.1) is 6.92 Å². The van der Waals surface area contributed by atoms with Crippen molar-refractivity contribution in [3.63, 3.8) is 0 Å². The Morgan fingerprint density at radius 1 is 1.00 bits per heavy atom. The van der Waals surface area contributed by atoms with E-state index in [4.69, 9.17) is 9.47 Å². The van der Waals surface area contributed by atoms with E-state index in [1.54, 1.807) is 0 Å². The third kappa shape index (κ3) is 13.4. The summed E-state index contributed by atoms with van der Waals surface area (Å²) < 4.78 is 9.97. The molecule has 0 aromatic carbocycles. The van der Waals surface area contributed by atoms with E-state index in [0.29, 0.717) is 26.2 Å². The maximum Gasteiger partial charge on any atom is 0.305 e. The summed E-state index contributed by atoms with van der Waals surface area (Å²) in [5.41, 5.74) is 0. The molecular weight excluding hydrogens is 216 g/mol. The van der Waals surface area contributed by atoms with E-state index in [2.05, 4.69) is 13.8 Å². The Bertz CT molecular complexity index is 169. The molecule has 0 aromatic heterocycles. The first-order chi connectivity index (χ1) is 8.31. The van der Waals surface area contributed by atoms with Gasteiger partial charge in [0.05, 0.1) is 6.61 Å². The van der Waals surface area contributed by atoms with Crippen molar-refractivity contribution in [2.24, 2.45) is 0 Å². The first-order valence-corrected chi connectivity index (χ1v) is 6.83. The molecular formula is C14H27O3. The number of unbranched alkanes of at least 4 members (excludes halogenated alkanes) is 6. The van der Waals surface area contributed by atoms with Crippen LogP contribution in [0.5, 0.6) is 0 Å². The molecule has 0 fully saturated rings. The molecule has 0 bridgehead atoms. The molecule has 0 heterocycles. The Kier molecular flexibility index (Phi) is 13.0. The van der Waals surface area contributed by atoms with Gasteiger partial charge in [-0.1, -0.05) is 45.4 Å². The zero-order chi connectivity index (χ0) is 12.8. The fourth-order valence-corrected chi connectivity index (χ4v) is 1.62.